The molecule has 5 rings (SSSR count). The van der Waals surface area contributed by atoms with E-state index in [9.17, 15) is 4.79 Å². The number of furan rings is 1. The normalized spacial score (nSPS) is 14.2. The van der Waals surface area contributed by atoms with Gasteiger partial charge in [0.25, 0.3) is 0 Å². The number of anilines is 1. The highest BCUT2D eigenvalue weighted by molar-refractivity contribution is 5.94. The summed E-state index contributed by atoms with van der Waals surface area (Å²) in [6, 6.07) is 18.3. The van der Waals surface area contributed by atoms with Crippen LogP contribution in [0.15, 0.2) is 71.5 Å². The Bertz CT molecular complexity index is 1360. The Morgan fingerprint density at radius 1 is 0.944 bits per heavy atom. The molecule has 7 heteroatoms. The lowest BCUT2D eigenvalue weighted by Crippen LogP contribution is -2.50. The molecule has 0 aliphatic carbocycles. The van der Waals surface area contributed by atoms with E-state index >= 15 is 0 Å². The van der Waals surface area contributed by atoms with Crippen molar-refractivity contribution in [2.75, 3.05) is 38.2 Å². The number of nitrogens with zero attached hydrogens (tertiary/aromatic N) is 3. The van der Waals surface area contributed by atoms with Gasteiger partial charge in [0.1, 0.15) is 23.1 Å². The van der Waals surface area contributed by atoms with Crippen LogP contribution in [-0.2, 0) is 4.74 Å². The molecule has 36 heavy (non-hydrogen) atoms. The largest absolute Gasteiger partial charge is 0.496 e. The third kappa shape index (κ3) is 4.87. The first-order valence-electron chi connectivity index (χ1n) is 12.2. The second-order valence-corrected chi connectivity index (χ2v) is 9.92. The van der Waals surface area contributed by atoms with Gasteiger partial charge in [-0.05, 0) is 50.6 Å². The van der Waals surface area contributed by atoms with Crippen LogP contribution in [-0.4, -0.2) is 54.9 Å². The number of amides is 1. The smallest absolute Gasteiger partial charge is 0.410 e. The molecule has 2 aromatic heterocycles. The summed E-state index contributed by atoms with van der Waals surface area (Å²) in [6.45, 7) is 8.49. The Kier molecular flexibility index (Phi) is 6.31. The second-order valence-electron chi connectivity index (χ2n) is 9.92. The highest BCUT2D eigenvalue weighted by atomic mass is 16.6. The number of ether oxygens (including phenoxy) is 2. The zero-order valence-electron chi connectivity index (χ0n) is 21.2. The number of piperazine rings is 1. The summed E-state index contributed by atoms with van der Waals surface area (Å²) in [6.07, 6.45) is 3.37. The van der Waals surface area contributed by atoms with Crippen LogP contribution >= 0.6 is 0 Å². The van der Waals surface area contributed by atoms with E-state index in [4.69, 9.17) is 18.9 Å². The summed E-state index contributed by atoms with van der Waals surface area (Å²) in [5.41, 5.74) is 6.12. The number of pyridine rings is 1. The van der Waals surface area contributed by atoms with Crippen molar-refractivity contribution in [3.05, 3.63) is 67.1 Å². The van der Waals surface area contributed by atoms with Crippen LogP contribution < -0.4 is 9.64 Å². The lowest BCUT2D eigenvalue weighted by molar-refractivity contribution is 0.0240. The van der Waals surface area contributed by atoms with Gasteiger partial charge in [-0.25, -0.2) is 4.79 Å². The molecule has 0 bridgehead atoms. The number of methoxy groups -OCH3 is 1. The fraction of sp³-hybridized carbons (Fsp3) is 0.310. The number of hydrogen-bond donors (Lipinski definition) is 0. The van der Waals surface area contributed by atoms with E-state index in [1.165, 1.54) is 0 Å². The van der Waals surface area contributed by atoms with Gasteiger partial charge < -0.3 is 23.7 Å². The Morgan fingerprint density at radius 3 is 2.36 bits per heavy atom. The molecule has 0 spiro atoms. The summed E-state index contributed by atoms with van der Waals surface area (Å²) in [5, 5.41) is 0. The molecule has 0 saturated carbocycles. The van der Waals surface area contributed by atoms with E-state index in [0.29, 0.717) is 13.1 Å². The SMILES string of the molecule is COc1ccccc1-c1coc2cc(-c3ccc(N4CCN(C(=O)OC(C)(C)C)CC4)cc3)cnc12. The minimum atomic E-state index is -0.479. The molecule has 0 radical (unpaired) electrons. The van der Waals surface area contributed by atoms with E-state index in [0.717, 1.165) is 57.9 Å². The number of rotatable bonds is 4. The average Bonchev–Trinajstić information content (AvgIpc) is 3.31. The van der Waals surface area contributed by atoms with Crippen LogP contribution in [0.4, 0.5) is 10.5 Å². The van der Waals surface area contributed by atoms with Crippen molar-refractivity contribution in [1.29, 1.82) is 0 Å². The van der Waals surface area contributed by atoms with Crippen LogP contribution in [0.3, 0.4) is 0 Å². The van der Waals surface area contributed by atoms with E-state index in [2.05, 4.69) is 29.2 Å². The molecule has 1 amide bonds. The molecule has 0 N–H and O–H groups in total. The topological polar surface area (TPSA) is 68.0 Å². The summed E-state index contributed by atoms with van der Waals surface area (Å²) >= 11 is 0. The molecule has 186 valence electrons. The zero-order chi connectivity index (χ0) is 25.3. The first-order chi connectivity index (χ1) is 17.3. The first-order valence-corrected chi connectivity index (χ1v) is 12.2. The maximum atomic E-state index is 12.3. The average molecular weight is 486 g/mol. The molecule has 1 fully saturated rings. The minimum Gasteiger partial charge on any atom is -0.496 e. The van der Waals surface area contributed by atoms with E-state index in [1.54, 1.807) is 18.3 Å². The summed E-state index contributed by atoms with van der Waals surface area (Å²) < 4.78 is 16.9. The zero-order valence-corrected chi connectivity index (χ0v) is 21.2. The van der Waals surface area contributed by atoms with Gasteiger partial charge in [0.2, 0.25) is 0 Å². The highest BCUT2D eigenvalue weighted by Crippen LogP contribution is 2.36. The molecule has 1 aliphatic heterocycles. The third-order valence-electron chi connectivity index (χ3n) is 6.31. The van der Waals surface area contributed by atoms with Crippen molar-refractivity contribution >= 4 is 22.9 Å². The van der Waals surface area contributed by atoms with Gasteiger partial charge >= 0.3 is 6.09 Å². The van der Waals surface area contributed by atoms with Crippen molar-refractivity contribution in [2.24, 2.45) is 0 Å². The van der Waals surface area contributed by atoms with E-state index in [1.807, 2.05) is 57.3 Å². The van der Waals surface area contributed by atoms with Gasteiger partial charge in [0.15, 0.2) is 5.58 Å². The highest BCUT2D eigenvalue weighted by Gasteiger charge is 2.26. The van der Waals surface area contributed by atoms with Crippen molar-refractivity contribution in [3.63, 3.8) is 0 Å². The lowest BCUT2D eigenvalue weighted by Gasteiger charge is -2.36. The minimum absolute atomic E-state index is 0.243. The van der Waals surface area contributed by atoms with Crippen molar-refractivity contribution in [1.82, 2.24) is 9.88 Å². The van der Waals surface area contributed by atoms with Gasteiger partial charge in [0, 0.05) is 49.2 Å². The fourth-order valence-electron chi connectivity index (χ4n) is 4.47. The Balaban J connectivity index is 1.29. The molecular weight excluding hydrogens is 454 g/mol. The maximum absolute atomic E-state index is 12.3. The van der Waals surface area contributed by atoms with E-state index < -0.39 is 5.60 Å². The molecule has 1 aliphatic rings. The van der Waals surface area contributed by atoms with Gasteiger partial charge in [-0.15, -0.1) is 0 Å². The standard InChI is InChI=1S/C29H31N3O4/c1-29(2,3)36-28(33)32-15-13-31(14-16-32)22-11-9-20(10-12-22)21-17-26-27(30-18-21)24(19-35-26)23-7-5-6-8-25(23)34-4/h5-12,17-19H,13-16H2,1-4H3. The van der Waals surface area contributed by atoms with Crippen molar-refractivity contribution in [3.8, 4) is 28.0 Å². The predicted octanol–water partition coefficient (Wildman–Crippen LogP) is 6.23. The van der Waals surface area contributed by atoms with Crippen LogP contribution in [0.2, 0.25) is 0 Å². The third-order valence-corrected chi connectivity index (χ3v) is 6.31. The number of aromatic nitrogens is 1. The van der Waals surface area contributed by atoms with Gasteiger partial charge in [-0.3, -0.25) is 4.98 Å². The number of carbonyl (C=O) groups excluding carboxylic acids is 1. The van der Waals surface area contributed by atoms with Crippen molar-refractivity contribution in [2.45, 2.75) is 26.4 Å². The number of benzene rings is 2. The monoisotopic (exact) mass is 485 g/mol. The molecule has 4 aromatic rings. The second kappa shape index (κ2) is 9.57. The number of para-hydroxylation sites is 1. The molecule has 7 nitrogen and oxygen atoms in total. The molecular formula is C29H31N3O4. The molecule has 0 unspecified atom stereocenters. The number of hydrogen-bond acceptors (Lipinski definition) is 6. The molecule has 0 atom stereocenters. The van der Waals surface area contributed by atoms with Gasteiger partial charge in [-0.2, -0.15) is 0 Å². The van der Waals surface area contributed by atoms with E-state index in [-0.39, 0.29) is 6.09 Å². The number of carbonyl (C=O) groups is 1. The predicted molar refractivity (Wildman–Crippen MR) is 141 cm³/mol. The van der Waals surface area contributed by atoms with Crippen LogP contribution in [0.25, 0.3) is 33.4 Å². The Morgan fingerprint density at radius 2 is 1.67 bits per heavy atom. The van der Waals surface area contributed by atoms with Crippen molar-refractivity contribution < 1.29 is 18.7 Å². The summed E-state index contributed by atoms with van der Waals surface area (Å²) in [7, 11) is 1.66. The van der Waals surface area contributed by atoms with Crippen LogP contribution in [0.5, 0.6) is 5.75 Å². The quantitative estimate of drug-likeness (QED) is 0.341. The Labute approximate surface area is 211 Å². The molecule has 3 heterocycles. The van der Waals surface area contributed by atoms with Gasteiger partial charge in [-0.1, -0.05) is 30.3 Å². The van der Waals surface area contributed by atoms with Crippen LogP contribution in [0, 0.1) is 0 Å². The molecule has 1 saturated heterocycles. The lowest BCUT2D eigenvalue weighted by atomic mass is 10.0. The fourth-order valence-corrected chi connectivity index (χ4v) is 4.47. The summed E-state index contributed by atoms with van der Waals surface area (Å²) in [5.74, 6) is 0.786. The Hall–Kier alpha value is -4.00. The molecule has 2 aromatic carbocycles. The first kappa shape index (κ1) is 23.7. The number of fused-ring (bicyclic) bond motifs is 1. The summed E-state index contributed by atoms with van der Waals surface area (Å²) in [4.78, 5) is 21.1. The van der Waals surface area contributed by atoms with Crippen LogP contribution in [0.1, 0.15) is 20.8 Å². The van der Waals surface area contributed by atoms with Gasteiger partial charge in [0.05, 0.1) is 12.7 Å². The maximum Gasteiger partial charge on any atom is 0.410 e.